The Morgan fingerprint density at radius 2 is 2.16 bits per heavy atom. The largest absolute Gasteiger partial charge is 0.343 e. The molecule has 0 saturated carbocycles. The smallest absolute Gasteiger partial charge is 0.272 e. The monoisotopic (exact) mass is 404 g/mol. The summed E-state index contributed by atoms with van der Waals surface area (Å²) in [5.41, 5.74) is 1.25. The first-order valence-corrected chi connectivity index (χ1v) is 7.60. The predicted molar refractivity (Wildman–Crippen MR) is 84.9 cm³/mol. The van der Waals surface area contributed by atoms with Crippen molar-refractivity contribution in [3.63, 3.8) is 0 Å². The van der Waals surface area contributed by atoms with Crippen LogP contribution in [0.4, 0.5) is 5.69 Å². The Morgan fingerprint density at radius 3 is 2.84 bits per heavy atom. The molecule has 0 aliphatic carbocycles. The van der Waals surface area contributed by atoms with Gasteiger partial charge in [-0.3, -0.25) is 4.79 Å². The number of nitrogens with zero attached hydrogens (tertiary/aromatic N) is 1. The fourth-order valence-electron chi connectivity index (χ4n) is 1.71. The number of carbonyl (C=O) groups is 1. The van der Waals surface area contributed by atoms with E-state index >= 15 is 0 Å². The lowest BCUT2D eigenvalue weighted by Crippen LogP contribution is -2.16. The Bertz CT molecular complexity index is 625. The number of halogens is 3. The van der Waals surface area contributed by atoms with Crippen LogP contribution in [0.5, 0.6) is 0 Å². The van der Waals surface area contributed by atoms with Crippen molar-refractivity contribution in [1.29, 1.82) is 0 Å². The molecular formula is C13H11Br2ClN2O. The maximum absolute atomic E-state index is 12.3. The molecule has 0 aliphatic rings. The molecule has 0 aliphatic heterocycles. The summed E-state index contributed by atoms with van der Waals surface area (Å²) < 4.78 is 3.43. The van der Waals surface area contributed by atoms with Crippen LogP contribution in [0.3, 0.4) is 0 Å². The molecule has 1 N–H and O–H groups in total. The normalized spacial score (nSPS) is 10.5. The Morgan fingerprint density at radius 1 is 1.42 bits per heavy atom. The van der Waals surface area contributed by atoms with E-state index in [-0.39, 0.29) is 5.91 Å². The van der Waals surface area contributed by atoms with Gasteiger partial charge in [-0.1, -0.05) is 17.7 Å². The summed E-state index contributed by atoms with van der Waals surface area (Å²) in [6, 6.07) is 7.13. The van der Waals surface area contributed by atoms with Gasteiger partial charge in [-0.25, -0.2) is 0 Å². The molecule has 0 radical (unpaired) electrons. The van der Waals surface area contributed by atoms with E-state index in [9.17, 15) is 4.79 Å². The van der Waals surface area contributed by atoms with Crippen LogP contribution in [0.25, 0.3) is 0 Å². The van der Waals surface area contributed by atoms with Crippen molar-refractivity contribution in [3.8, 4) is 0 Å². The van der Waals surface area contributed by atoms with Gasteiger partial charge in [-0.05, 0) is 57.0 Å². The summed E-state index contributed by atoms with van der Waals surface area (Å²) in [5, 5.41) is 3.40. The number of rotatable bonds is 3. The molecule has 0 atom stereocenters. The average Bonchev–Trinajstić information content (AvgIpc) is 2.76. The third-order valence-electron chi connectivity index (χ3n) is 2.64. The quantitative estimate of drug-likeness (QED) is 0.770. The topological polar surface area (TPSA) is 34.0 Å². The van der Waals surface area contributed by atoms with Crippen LogP contribution >= 0.6 is 43.5 Å². The third-order valence-corrected chi connectivity index (χ3v) is 4.47. The summed E-state index contributed by atoms with van der Waals surface area (Å²) in [4.78, 5) is 12.3. The number of amides is 1. The highest BCUT2D eigenvalue weighted by Gasteiger charge is 2.14. The maximum Gasteiger partial charge on any atom is 0.272 e. The van der Waals surface area contributed by atoms with E-state index < -0.39 is 0 Å². The average molecular weight is 407 g/mol. The summed E-state index contributed by atoms with van der Waals surface area (Å²) in [7, 11) is 0. The predicted octanol–water partition coefficient (Wildman–Crippen LogP) is 4.94. The SMILES string of the molecule is CCn1cc(Br)cc1C(=O)Nc1cccc(Cl)c1Br. The number of aromatic nitrogens is 1. The molecule has 3 nitrogen and oxygen atoms in total. The maximum atomic E-state index is 12.3. The Hall–Kier alpha value is -0.780. The molecule has 0 saturated heterocycles. The fraction of sp³-hybridized carbons (Fsp3) is 0.154. The van der Waals surface area contributed by atoms with Crippen LogP contribution < -0.4 is 5.32 Å². The van der Waals surface area contributed by atoms with Gasteiger partial charge in [0.15, 0.2) is 0 Å². The van der Waals surface area contributed by atoms with Crippen molar-refractivity contribution in [2.24, 2.45) is 0 Å². The van der Waals surface area contributed by atoms with E-state index in [0.29, 0.717) is 20.9 Å². The van der Waals surface area contributed by atoms with Gasteiger partial charge in [-0.2, -0.15) is 0 Å². The van der Waals surface area contributed by atoms with E-state index in [4.69, 9.17) is 11.6 Å². The number of benzene rings is 1. The zero-order chi connectivity index (χ0) is 14.0. The zero-order valence-electron chi connectivity index (χ0n) is 10.1. The van der Waals surface area contributed by atoms with Crippen molar-refractivity contribution >= 4 is 55.1 Å². The molecule has 1 aromatic heterocycles. The van der Waals surface area contributed by atoms with Gasteiger partial charge in [0.25, 0.3) is 5.91 Å². The number of hydrogen-bond donors (Lipinski definition) is 1. The van der Waals surface area contributed by atoms with Gasteiger partial charge in [-0.15, -0.1) is 0 Å². The summed E-state index contributed by atoms with van der Waals surface area (Å²) in [6.07, 6.45) is 1.88. The molecule has 1 amide bonds. The van der Waals surface area contributed by atoms with Crippen LogP contribution in [-0.2, 0) is 6.54 Å². The molecule has 6 heteroatoms. The first-order valence-electron chi connectivity index (χ1n) is 5.64. The lowest BCUT2D eigenvalue weighted by atomic mass is 10.3. The summed E-state index contributed by atoms with van der Waals surface area (Å²) in [6.45, 7) is 2.71. The second kappa shape index (κ2) is 6.11. The second-order valence-electron chi connectivity index (χ2n) is 3.89. The number of aryl methyl sites for hydroxylation is 1. The Labute approximate surface area is 133 Å². The zero-order valence-corrected chi connectivity index (χ0v) is 14.0. The molecule has 19 heavy (non-hydrogen) atoms. The van der Waals surface area contributed by atoms with E-state index in [1.165, 1.54) is 0 Å². The number of carbonyl (C=O) groups excluding carboxylic acids is 1. The van der Waals surface area contributed by atoms with Crippen LogP contribution in [0.1, 0.15) is 17.4 Å². The molecule has 100 valence electrons. The molecule has 1 heterocycles. The van der Waals surface area contributed by atoms with Crippen LogP contribution in [0, 0.1) is 0 Å². The van der Waals surface area contributed by atoms with E-state index in [1.54, 1.807) is 24.3 Å². The van der Waals surface area contributed by atoms with Gasteiger partial charge in [0.05, 0.1) is 15.2 Å². The summed E-state index contributed by atoms with van der Waals surface area (Å²) >= 11 is 12.7. The minimum Gasteiger partial charge on any atom is -0.343 e. The minimum absolute atomic E-state index is 0.171. The van der Waals surface area contributed by atoms with E-state index in [1.807, 2.05) is 17.7 Å². The van der Waals surface area contributed by atoms with Crippen molar-refractivity contribution in [1.82, 2.24) is 4.57 Å². The molecule has 0 fully saturated rings. The molecule has 0 spiro atoms. The third kappa shape index (κ3) is 3.22. The molecule has 2 aromatic rings. The minimum atomic E-state index is -0.171. The van der Waals surface area contributed by atoms with Gasteiger partial charge in [0.1, 0.15) is 5.69 Å². The molecule has 0 bridgehead atoms. The highest BCUT2D eigenvalue weighted by Crippen LogP contribution is 2.30. The first-order chi connectivity index (χ1) is 9.02. The lowest BCUT2D eigenvalue weighted by Gasteiger charge is -2.09. The van der Waals surface area contributed by atoms with E-state index in [0.717, 1.165) is 11.0 Å². The molecule has 0 unspecified atom stereocenters. The number of nitrogens with one attached hydrogen (secondary N) is 1. The molecule has 2 rings (SSSR count). The lowest BCUT2D eigenvalue weighted by molar-refractivity contribution is 0.101. The van der Waals surface area contributed by atoms with Crippen molar-refractivity contribution < 1.29 is 4.79 Å². The molecular weight excluding hydrogens is 395 g/mol. The van der Waals surface area contributed by atoms with Gasteiger partial charge < -0.3 is 9.88 Å². The first kappa shape index (κ1) is 14.6. The summed E-state index contributed by atoms with van der Waals surface area (Å²) in [5.74, 6) is -0.171. The van der Waals surface area contributed by atoms with Gasteiger partial charge >= 0.3 is 0 Å². The number of anilines is 1. The highest BCUT2D eigenvalue weighted by atomic mass is 79.9. The highest BCUT2D eigenvalue weighted by molar-refractivity contribution is 9.11. The standard InChI is InChI=1S/C13H11Br2ClN2O/c1-2-18-7-8(14)6-11(18)13(19)17-10-5-3-4-9(16)12(10)15/h3-7H,2H2,1H3,(H,17,19). The molecule has 1 aromatic carbocycles. The van der Waals surface area contributed by atoms with Gasteiger partial charge in [0, 0.05) is 17.2 Å². The van der Waals surface area contributed by atoms with Crippen molar-refractivity contribution in [3.05, 3.63) is 50.1 Å². The van der Waals surface area contributed by atoms with Crippen LogP contribution in [0.15, 0.2) is 39.4 Å². The fourth-order valence-corrected chi connectivity index (χ4v) is 2.72. The van der Waals surface area contributed by atoms with Gasteiger partial charge in [0.2, 0.25) is 0 Å². The number of hydrogen-bond acceptors (Lipinski definition) is 1. The Kier molecular flexibility index (Phi) is 4.71. The van der Waals surface area contributed by atoms with Crippen molar-refractivity contribution in [2.75, 3.05) is 5.32 Å². The van der Waals surface area contributed by atoms with E-state index in [2.05, 4.69) is 37.2 Å². The Balaban J connectivity index is 2.28. The van der Waals surface area contributed by atoms with Crippen LogP contribution in [-0.4, -0.2) is 10.5 Å². The second-order valence-corrected chi connectivity index (χ2v) is 6.00. The van der Waals surface area contributed by atoms with Crippen molar-refractivity contribution in [2.45, 2.75) is 13.5 Å². The van der Waals surface area contributed by atoms with Crippen LogP contribution in [0.2, 0.25) is 5.02 Å².